The summed E-state index contributed by atoms with van der Waals surface area (Å²) < 4.78 is 43.2. The minimum absolute atomic E-state index is 0.0999. The predicted molar refractivity (Wildman–Crippen MR) is 94.4 cm³/mol. The van der Waals surface area contributed by atoms with Crippen molar-refractivity contribution in [2.45, 2.75) is 19.1 Å². The normalized spacial score (nSPS) is 11.1. The SMILES string of the molecule is COc1ccc(CNC(=O)CCNc2cc(C(F)(F)F)ccc2Cl)cc1. The lowest BCUT2D eigenvalue weighted by Crippen LogP contribution is -2.24. The maximum absolute atomic E-state index is 12.7. The van der Waals surface area contributed by atoms with Gasteiger partial charge in [0.25, 0.3) is 0 Å². The van der Waals surface area contributed by atoms with Crippen molar-refractivity contribution in [3.05, 3.63) is 58.6 Å². The number of rotatable bonds is 7. The van der Waals surface area contributed by atoms with Gasteiger partial charge < -0.3 is 15.4 Å². The number of nitrogens with one attached hydrogen (secondary N) is 2. The first-order valence-electron chi connectivity index (χ1n) is 7.80. The summed E-state index contributed by atoms with van der Waals surface area (Å²) in [5.41, 5.74) is 0.255. The third-order valence-corrected chi connectivity index (χ3v) is 3.94. The number of anilines is 1. The Morgan fingerprint density at radius 3 is 2.46 bits per heavy atom. The molecule has 2 aromatic rings. The molecule has 0 atom stereocenters. The number of ether oxygens (including phenoxy) is 1. The van der Waals surface area contributed by atoms with Gasteiger partial charge in [0.2, 0.25) is 5.91 Å². The molecule has 140 valence electrons. The average molecular weight is 387 g/mol. The smallest absolute Gasteiger partial charge is 0.416 e. The van der Waals surface area contributed by atoms with Crippen molar-refractivity contribution in [1.29, 1.82) is 0 Å². The maximum Gasteiger partial charge on any atom is 0.416 e. The van der Waals surface area contributed by atoms with Gasteiger partial charge in [0, 0.05) is 19.5 Å². The van der Waals surface area contributed by atoms with Crippen molar-refractivity contribution in [3.63, 3.8) is 0 Å². The maximum atomic E-state index is 12.7. The fraction of sp³-hybridized carbons (Fsp3) is 0.278. The van der Waals surface area contributed by atoms with Crippen molar-refractivity contribution >= 4 is 23.2 Å². The molecule has 0 aliphatic heterocycles. The van der Waals surface area contributed by atoms with Crippen molar-refractivity contribution in [1.82, 2.24) is 5.32 Å². The second-order valence-electron chi connectivity index (χ2n) is 5.49. The first kappa shape index (κ1) is 19.9. The molecule has 0 spiro atoms. The molecule has 0 aliphatic rings. The van der Waals surface area contributed by atoms with E-state index in [0.29, 0.717) is 6.54 Å². The Morgan fingerprint density at radius 2 is 1.85 bits per heavy atom. The summed E-state index contributed by atoms with van der Waals surface area (Å²) in [6.45, 7) is 0.516. The van der Waals surface area contributed by atoms with Gasteiger partial charge in [-0.05, 0) is 35.9 Å². The fourth-order valence-electron chi connectivity index (χ4n) is 2.18. The molecule has 0 heterocycles. The highest BCUT2D eigenvalue weighted by atomic mass is 35.5. The third kappa shape index (κ3) is 5.84. The molecule has 0 aromatic heterocycles. The monoisotopic (exact) mass is 386 g/mol. The van der Waals surface area contributed by atoms with Crippen LogP contribution in [0.4, 0.5) is 18.9 Å². The summed E-state index contributed by atoms with van der Waals surface area (Å²) in [7, 11) is 1.57. The van der Waals surface area contributed by atoms with Gasteiger partial charge in [-0.2, -0.15) is 13.2 Å². The largest absolute Gasteiger partial charge is 0.497 e. The molecule has 0 saturated heterocycles. The molecule has 0 saturated carbocycles. The molecule has 0 bridgehead atoms. The van der Waals surface area contributed by atoms with Crippen LogP contribution in [-0.4, -0.2) is 19.6 Å². The number of carbonyl (C=O) groups is 1. The average Bonchev–Trinajstić information content (AvgIpc) is 2.61. The van der Waals surface area contributed by atoms with E-state index in [1.807, 2.05) is 12.1 Å². The van der Waals surface area contributed by atoms with E-state index in [-0.39, 0.29) is 29.6 Å². The van der Waals surface area contributed by atoms with Gasteiger partial charge in [-0.1, -0.05) is 23.7 Å². The summed E-state index contributed by atoms with van der Waals surface area (Å²) in [4.78, 5) is 11.9. The van der Waals surface area contributed by atoms with Gasteiger partial charge in [-0.25, -0.2) is 0 Å². The Kier molecular flexibility index (Phi) is 6.74. The zero-order valence-electron chi connectivity index (χ0n) is 14.0. The minimum atomic E-state index is -4.45. The number of methoxy groups -OCH3 is 1. The van der Waals surface area contributed by atoms with Gasteiger partial charge in [-0.3, -0.25) is 4.79 Å². The zero-order chi connectivity index (χ0) is 19.2. The number of hydrogen-bond acceptors (Lipinski definition) is 3. The summed E-state index contributed by atoms with van der Waals surface area (Å²) >= 11 is 5.89. The topological polar surface area (TPSA) is 50.4 Å². The highest BCUT2D eigenvalue weighted by Crippen LogP contribution is 2.33. The molecule has 0 unspecified atom stereocenters. The van der Waals surface area contributed by atoms with E-state index >= 15 is 0 Å². The van der Waals surface area contributed by atoms with Crippen LogP contribution in [0.15, 0.2) is 42.5 Å². The van der Waals surface area contributed by atoms with Crippen LogP contribution >= 0.6 is 11.6 Å². The summed E-state index contributed by atoms with van der Waals surface area (Å²) in [5.74, 6) is 0.499. The predicted octanol–water partition coefficient (Wildman–Crippen LogP) is 4.49. The lowest BCUT2D eigenvalue weighted by Gasteiger charge is -2.12. The molecular formula is C18H18ClF3N2O2. The van der Waals surface area contributed by atoms with Crippen LogP contribution in [0.5, 0.6) is 5.75 Å². The van der Waals surface area contributed by atoms with Crippen LogP contribution in [-0.2, 0) is 17.5 Å². The van der Waals surface area contributed by atoms with E-state index in [1.54, 1.807) is 19.2 Å². The van der Waals surface area contributed by atoms with E-state index in [1.165, 1.54) is 6.07 Å². The van der Waals surface area contributed by atoms with E-state index in [9.17, 15) is 18.0 Å². The van der Waals surface area contributed by atoms with Crippen molar-refractivity contribution in [3.8, 4) is 5.75 Å². The summed E-state index contributed by atoms with van der Waals surface area (Å²) in [6.07, 6.45) is -4.35. The van der Waals surface area contributed by atoms with Gasteiger partial charge in [0.05, 0.1) is 23.4 Å². The fourth-order valence-corrected chi connectivity index (χ4v) is 2.36. The minimum Gasteiger partial charge on any atom is -0.497 e. The highest BCUT2D eigenvalue weighted by molar-refractivity contribution is 6.33. The molecular weight excluding hydrogens is 369 g/mol. The molecule has 2 aromatic carbocycles. The van der Waals surface area contributed by atoms with E-state index in [0.717, 1.165) is 23.4 Å². The quantitative estimate of drug-likeness (QED) is 0.737. The van der Waals surface area contributed by atoms with Crippen molar-refractivity contribution in [2.24, 2.45) is 0 Å². The number of benzene rings is 2. The molecule has 4 nitrogen and oxygen atoms in total. The number of hydrogen-bond donors (Lipinski definition) is 2. The second kappa shape index (κ2) is 8.80. The Bertz CT molecular complexity index is 749. The molecule has 0 aliphatic carbocycles. The number of carbonyl (C=O) groups excluding carboxylic acids is 1. The molecule has 1 amide bonds. The van der Waals surface area contributed by atoms with Crippen LogP contribution in [0.2, 0.25) is 5.02 Å². The molecule has 8 heteroatoms. The molecule has 0 fully saturated rings. The van der Waals surface area contributed by atoms with Gasteiger partial charge >= 0.3 is 6.18 Å². The first-order chi connectivity index (χ1) is 12.3. The van der Waals surface area contributed by atoms with Crippen LogP contribution in [0.25, 0.3) is 0 Å². The molecule has 2 rings (SSSR count). The van der Waals surface area contributed by atoms with Gasteiger partial charge in [0.15, 0.2) is 0 Å². The Balaban J connectivity index is 1.80. The first-order valence-corrected chi connectivity index (χ1v) is 8.17. The Hall–Kier alpha value is -2.41. The number of amides is 1. The van der Waals surface area contributed by atoms with Gasteiger partial charge in [-0.15, -0.1) is 0 Å². The third-order valence-electron chi connectivity index (χ3n) is 3.61. The Morgan fingerprint density at radius 1 is 1.15 bits per heavy atom. The highest BCUT2D eigenvalue weighted by Gasteiger charge is 2.30. The van der Waals surface area contributed by atoms with Crippen LogP contribution in [0, 0.1) is 0 Å². The number of alkyl halides is 3. The lowest BCUT2D eigenvalue weighted by atomic mass is 10.2. The zero-order valence-corrected chi connectivity index (χ0v) is 14.7. The van der Waals surface area contributed by atoms with E-state index in [4.69, 9.17) is 16.3 Å². The summed E-state index contributed by atoms with van der Waals surface area (Å²) in [5, 5.41) is 5.66. The van der Waals surface area contributed by atoms with E-state index in [2.05, 4.69) is 10.6 Å². The second-order valence-corrected chi connectivity index (χ2v) is 5.90. The van der Waals surface area contributed by atoms with E-state index < -0.39 is 11.7 Å². The molecule has 0 radical (unpaired) electrons. The standard InChI is InChI=1S/C18H18ClF3N2O2/c1-26-14-5-2-12(3-6-14)11-24-17(25)8-9-23-16-10-13(18(20,21)22)4-7-15(16)19/h2-7,10,23H,8-9,11H2,1H3,(H,24,25). The van der Waals surface area contributed by atoms with Crippen LogP contribution < -0.4 is 15.4 Å². The molecule has 26 heavy (non-hydrogen) atoms. The lowest BCUT2D eigenvalue weighted by molar-refractivity contribution is -0.137. The van der Waals surface area contributed by atoms with Crippen molar-refractivity contribution in [2.75, 3.05) is 19.0 Å². The molecule has 2 N–H and O–H groups in total. The van der Waals surface area contributed by atoms with Gasteiger partial charge in [0.1, 0.15) is 5.75 Å². The summed E-state index contributed by atoms with van der Waals surface area (Å²) in [6, 6.07) is 10.3. The van der Waals surface area contributed by atoms with Crippen LogP contribution in [0.3, 0.4) is 0 Å². The van der Waals surface area contributed by atoms with Crippen molar-refractivity contribution < 1.29 is 22.7 Å². The Labute approximate surface area is 154 Å². The number of halogens is 4. The van der Waals surface area contributed by atoms with Crippen LogP contribution in [0.1, 0.15) is 17.5 Å².